The van der Waals surface area contributed by atoms with E-state index in [4.69, 9.17) is 10.5 Å². The smallest absolute Gasteiger partial charge is 0.200 e. The molecule has 0 amide bonds. The molecule has 1 aromatic carbocycles. The number of rotatable bonds is 3. The highest BCUT2D eigenvalue weighted by molar-refractivity contribution is 5.60. The fourth-order valence-corrected chi connectivity index (χ4v) is 2.41. The fraction of sp³-hybridized carbons (Fsp3) is 0.357. The number of hydrogen-bond acceptors (Lipinski definition) is 3. The minimum absolute atomic E-state index is 0.268. The highest BCUT2D eigenvalue weighted by Crippen LogP contribution is 2.24. The number of nitrogens with zero attached hydrogens (tertiary/aromatic N) is 2. The average molecular weight is 243 g/mol. The minimum atomic E-state index is 0.268. The SMILES string of the molecule is Nc1ncc(-c2ccccc2)n1C[C@H]1CCCO1. The second-order valence-electron chi connectivity index (χ2n) is 4.61. The lowest BCUT2D eigenvalue weighted by molar-refractivity contribution is 0.0978. The van der Waals surface area contributed by atoms with Gasteiger partial charge in [0.1, 0.15) is 0 Å². The summed E-state index contributed by atoms with van der Waals surface area (Å²) in [6.45, 7) is 1.65. The summed E-state index contributed by atoms with van der Waals surface area (Å²) in [7, 11) is 0. The first kappa shape index (κ1) is 11.3. The summed E-state index contributed by atoms with van der Waals surface area (Å²) < 4.78 is 7.71. The Balaban J connectivity index is 1.91. The number of anilines is 1. The molecule has 18 heavy (non-hydrogen) atoms. The number of imidazole rings is 1. The van der Waals surface area contributed by atoms with Crippen LogP contribution >= 0.6 is 0 Å². The van der Waals surface area contributed by atoms with Crippen LogP contribution in [0.25, 0.3) is 11.3 Å². The van der Waals surface area contributed by atoms with Crippen molar-refractivity contribution >= 4 is 5.95 Å². The van der Waals surface area contributed by atoms with E-state index in [2.05, 4.69) is 17.1 Å². The summed E-state index contributed by atoms with van der Waals surface area (Å²) in [4.78, 5) is 4.22. The first-order chi connectivity index (χ1) is 8.84. The third-order valence-electron chi connectivity index (χ3n) is 3.37. The van der Waals surface area contributed by atoms with Crippen LogP contribution < -0.4 is 5.73 Å². The number of ether oxygens (including phenoxy) is 1. The van der Waals surface area contributed by atoms with Crippen LogP contribution in [0, 0.1) is 0 Å². The van der Waals surface area contributed by atoms with Gasteiger partial charge in [-0.15, -0.1) is 0 Å². The summed E-state index contributed by atoms with van der Waals surface area (Å²) in [5.41, 5.74) is 8.15. The highest BCUT2D eigenvalue weighted by Gasteiger charge is 2.19. The van der Waals surface area contributed by atoms with Gasteiger partial charge in [0.25, 0.3) is 0 Å². The van der Waals surface area contributed by atoms with E-state index in [1.54, 1.807) is 0 Å². The van der Waals surface area contributed by atoms with Gasteiger partial charge >= 0.3 is 0 Å². The Labute approximate surface area is 106 Å². The Kier molecular flexibility index (Phi) is 3.02. The van der Waals surface area contributed by atoms with Gasteiger partial charge < -0.3 is 15.0 Å². The quantitative estimate of drug-likeness (QED) is 0.900. The van der Waals surface area contributed by atoms with Crippen LogP contribution in [0.3, 0.4) is 0 Å². The summed E-state index contributed by atoms with van der Waals surface area (Å²) in [5.74, 6) is 0.560. The standard InChI is InChI=1S/C14H17N3O/c15-14-16-9-13(11-5-2-1-3-6-11)17(14)10-12-7-4-8-18-12/h1-3,5-6,9,12H,4,7-8,10H2,(H2,15,16)/t12-/m1/s1. The van der Waals surface area contributed by atoms with Gasteiger partial charge in [0.15, 0.2) is 0 Å². The first-order valence-electron chi connectivity index (χ1n) is 6.32. The van der Waals surface area contributed by atoms with Crippen LogP contribution in [-0.2, 0) is 11.3 Å². The maximum Gasteiger partial charge on any atom is 0.200 e. The zero-order valence-electron chi connectivity index (χ0n) is 10.2. The molecule has 4 nitrogen and oxygen atoms in total. The van der Waals surface area contributed by atoms with Crippen molar-refractivity contribution in [2.75, 3.05) is 12.3 Å². The average Bonchev–Trinajstić information content (AvgIpc) is 3.03. The van der Waals surface area contributed by atoms with Crippen LogP contribution in [0.5, 0.6) is 0 Å². The topological polar surface area (TPSA) is 53.1 Å². The second kappa shape index (κ2) is 4.82. The van der Waals surface area contributed by atoms with Crippen molar-refractivity contribution < 1.29 is 4.74 Å². The monoisotopic (exact) mass is 243 g/mol. The maximum atomic E-state index is 5.95. The summed E-state index contributed by atoms with van der Waals surface area (Å²) >= 11 is 0. The Hall–Kier alpha value is -1.81. The molecule has 3 rings (SSSR count). The van der Waals surface area contributed by atoms with Crippen LogP contribution in [0.15, 0.2) is 36.5 Å². The van der Waals surface area contributed by atoms with Gasteiger partial charge in [-0.1, -0.05) is 30.3 Å². The molecule has 0 bridgehead atoms. The van der Waals surface area contributed by atoms with Gasteiger partial charge in [0, 0.05) is 6.61 Å². The third-order valence-corrected chi connectivity index (χ3v) is 3.37. The minimum Gasteiger partial charge on any atom is -0.376 e. The molecule has 0 spiro atoms. The van der Waals surface area contributed by atoms with Crippen LogP contribution in [0.4, 0.5) is 5.95 Å². The van der Waals surface area contributed by atoms with Gasteiger partial charge in [-0.2, -0.15) is 0 Å². The number of nitrogens with two attached hydrogens (primary N) is 1. The van der Waals surface area contributed by atoms with Gasteiger partial charge in [-0.25, -0.2) is 4.98 Å². The van der Waals surface area contributed by atoms with Gasteiger partial charge in [0.2, 0.25) is 5.95 Å². The molecule has 2 N–H and O–H groups in total. The Morgan fingerprint density at radius 2 is 2.17 bits per heavy atom. The molecular weight excluding hydrogens is 226 g/mol. The number of aromatic nitrogens is 2. The Bertz CT molecular complexity index is 515. The van der Waals surface area contributed by atoms with E-state index in [-0.39, 0.29) is 6.10 Å². The molecular formula is C14H17N3O. The van der Waals surface area contributed by atoms with Gasteiger partial charge in [-0.3, -0.25) is 0 Å². The molecule has 1 fully saturated rings. The molecule has 1 aromatic heterocycles. The van der Waals surface area contributed by atoms with Crippen LogP contribution in [0.1, 0.15) is 12.8 Å². The van der Waals surface area contributed by atoms with Crippen molar-refractivity contribution in [1.29, 1.82) is 0 Å². The zero-order valence-corrected chi connectivity index (χ0v) is 10.2. The van der Waals surface area contributed by atoms with Crippen molar-refractivity contribution in [1.82, 2.24) is 9.55 Å². The molecule has 0 radical (unpaired) electrons. The maximum absolute atomic E-state index is 5.95. The van der Waals surface area contributed by atoms with Gasteiger partial charge in [0.05, 0.1) is 24.5 Å². The molecule has 94 valence electrons. The summed E-state index contributed by atoms with van der Waals surface area (Å²) in [5, 5.41) is 0. The lowest BCUT2D eigenvalue weighted by atomic mass is 10.1. The summed E-state index contributed by atoms with van der Waals surface area (Å²) in [6.07, 6.45) is 4.34. The Morgan fingerprint density at radius 3 is 2.89 bits per heavy atom. The van der Waals surface area contributed by atoms with Crippen molar-refractivity contribution in [3.63, 3.8) is 0 Å². The molecule has 0 saturated carbocycles. The molecule has 1 saturated heterocycles. The predicted octanol–water partition coefficient (Wildman–Crippen LogP) is 2.31. The molecule has 0 unspecified atom stereocenters. The Morgan fingerprint density at radius 1 is 1.33 bits per heavy atom. The summed E-state index contributed by atoms with van der Waals surface area (Å²) in [6, 6.07) is 10.2. The third kappa shape index (κ3) is 2.11. The van der Waals surface area contributed by atoms with E-state index in [0.29, 0.717) is 5.95 Å². The highest BCUT2D eigenvalue weighted by atomic mass is 16.5. The fourth-order valence-electron chi connectivity index (χ4n) is 2.41. The number of benzene rings is 1. The van der Waals surface area contributed by atoms with E-state index in [0.717, 1.165) is 37.3 Å². The van der Waals surface area contributed by atoms with Crippen molar-refractivity contribution in [2.45, 2.75) is 25.5 Å². The van der Waals surface area contributed by atoms with Crippen molar-refractivity contribution in [3.05, 3.63) is 36.5 Å². The lowest BCUT2D eigenvalue weighted by Gasteiger charge is -2.14. The van der Waals surface area contributed by atoms with Crippen molar-refractivity contribution in [2.24, 2.45) is 0 Å². The lowest BCUT2D eigenvalue weighted by Crippen LogP contribution is -2.17. The largest absolute Gasteiger partial charge is 0.376 e. The van der Waals surface area contributed by atoms with Crippen molar-refractivity contribution in [3.8, 4) is 11.3 Å². The zero-order chi connectivity index (χ0) is 12.4. The molecule has 1 atom stereocenters. The molecule has 2 heterocycles. The second-order valence-corrected chi connectivity index (χ2v) is 4.61. The van der Waals surface area contributed by atoms with E-state index < -0.39 is 0 Å². The normalized spacial score (nSPS) is 19.2. The van der Waals surface area contributed by atoms with Crippen LogP contribution in [-0.4, -0.2) is 22.3 Å². The first-order valence-corrected chi connectivity index (χ1v) is 6.32. The van der Waals surface area contributed by atoms with E-state index in [1.165, 1.54) is 0 Å². The molecule has 1 aliphatic heterocycles. The van der Waals surface area contributed by atoms with E-state index >= 15 is 0 Å². The molecule has 2 aromatic rings. The van der Waals surface area contributed by atoms with E-state index in [1.807, 2.05) is 29.0 Å². The number of nitrogen functional groups attached to an aromatic ring is 1. The predicted molar refractivity (Wildman–Crippen MR) is 71.0 cm³/mol. The van der Waals surface area contributed by atoms with E-state index in [9.17, 15) is 0 Å². The molecule has 1 aliphatic rings. The number of hydrogen-bond donors (Lipinski definition) is 1. The van der Waals surface area contributed by atoms with Gasteiger partial charge in [-0.05, 0) is 18.4 Å². The molecule has 4 heteroatoms. The van der Waals surface area contributed by atoms with Crippen LogP contribution in [0.2, 0.25) is 0 Å². The molecule has 0 aliphatic carbocycles.